The first kappa shape index (κ1) is 9.05. The quantitative estimate of drug-likeness (QED) is 0.747. The van der Waals surface area contributed by atoms with E-state index >= 15 is 0 Å². The summed E-state index contributed by atoms with van der Waals surface area (Å²) >= 11 is 0. The number of amidine groups is 1. The van der Waals surface area contributed by atoms with Crippen LogP contribution in [0, 0.1) is 5.41 Å². The summed E-state index contributed by atoms with van der Waals surface area (Å²) in [6, 6.07) is 13.1. The van der Waals surface area contributed by atoms with E-state index in [2.05, 4.69) is 36.4 Å². The summed E-state index contributed by atoms with van der Waals surface area (Å²) in [5.74, 6) is 0. The van der Waals surface area contributed by atoms with Crippen LogP contribution >= 0.6 is 0 Å². The fourth-order valence-corrected chi connectivity index (χ4v) is 3.09. The Labute approximate surface area is 99.1 Å². The van der Waals surface area contributed by atoms with Crippen molar-refractivity contribution in [3.8, 4) is 0 Å². The van der Waals surface area contributed by atoms with Crippen molar-refractivity contribution in [2.24, 2.45) is 0 Å². The monoisotopic (exact) mass is 224 g/mol. The van der Waals surface area contributed by atoms with Crippen LogP contribution in [-0.2, 0) is 4.74 Å². The lowest BCUT2D eigenvalue weighted by Gasteiger charge is -2.17. The highest BCUT2D eigenvalue weighted by Crippen LogP contribution is 2.51. The molecule has 0 bridgehead atoms. The van der Waals surface area contributed by atoms with Crippen LogP contribution in [0.3, 0.4) is 0 Å². The predicted octanol–water partition coefficient (Wildman–Crippen LogP) is 2.83. The first-order valence-corrected chi connectivity index (χ1v) is 5.77. The lowest BCUT2D eigenvalue weighted by atomic mass is 10.0. The highest BCUT2D eigenvalue weighted by Gasteiger charge is 2.45. The average molecular weight is 224 g/mol. The third-order valence-electron chi connectivity index (χ3n) is 3.86. The normalized spacial score (nSPS) is 25.2. The predicted molar refractivity (Wildman–Crippen MR) is 66.0 cm³/mol. The maximum absolute atomic E-state index is 7.79. The summed E-state index contributed by atoms with van der Waals surface area (Å²) in [6.45, 7) is 0. The number of fused-ring (bicyclic) bond motifs is 3. The lowest BCUT2D eigenvalue weighted by Crippen LogP contribution is -2.22. The molecule has 3 heteroatoms. The zero-order valence-corrected chi connectivity index (χ0v) is 9.47. The second-order valence-electron chi connectivity index (χ2n) is 4.69. The van der Waals surface area contributed by atoms with Crippen molar-refractivity contribution < 1.29 is 4.74 Å². The van der Waals surface area contributed by atoms with Crippen LogP contribution in [0.25, 0.3) is 10.8 Å². The zero-order chi connectivity index (χ0) is 11.6. The molecule has 0 saturated carbocycles. The van der Waals surface area contributed by atoms with Gasteiger partial charge >= 0.3 is 0 Å². The Morgan fingerprint density at radius 2 is 1.82 bits per heavy atom. The van der Waals surface area contributed by atoms with Crippen LogP contribution in [0.15, 0.2) is 36.4 Å². The summed E-state index contributed by atoms with van der Waals surface area (Å²) < 4.78 is 5.68. The Kier molecular flexibility index (Phi) is 1.49. The van der Waals surface area contributed by atoms with Crippen molar-refractivity contribution in [2.75, 3.05) is 7.05 Å². The Morgan fingerprint density at radius 3 is 2.59 bits per heavy atom. The SMILES string of the molecule is CN1C(=N)O[C@H]2c3cccc4cccc(c34)[C@H]21. The van der Waals surface area contributed by atoms with Gasteiger partial charge in [0.25, 0.3) is 6.02 Å². The van der Waals surface area contributed by atoms with Gasteiger partial charge in [0.2, 0.25) is 0 Å². The third kappa shape index (κ3) is 0.947. The molecule has 0 spiro atoms. The molecule has 2 aliphatic rings. The molecule has 84 valence electrons. The van der Waals surface area contributed by atoms with Gasteiger partial charge in [-0.3, -0.25) is 5.41 Å². The zero-order valence-electron chi connectivity index (χ0n) is 9.47. The second-order valence-corrected chi connectivity index (χ2v) is 4.69. The summed E-state index contributed by atoms with van der Waals surface area (Å²) in [6.07, 6.45) is -0.00593. The van der Waals surface area contributed by atoms with Crippen molar-refractivity contribution in [3.63, 3.8) is 0 Å². The first-order chi connectivity index (χ1) is 8.27. The number of ether oxygens (including phenoxy) is 1. The van der Waals surface area contributed by atoms with Crippen LogP contribution in [0.1, 0.15) is 23.3 Å². The van der Waals surface area contributed by atoms with Gasteiger partial charge in [0, 0.05) is 12.6 Å². The largest absolute Gasteiger partial charge is 0.454 e. The maximum Gasteiger partial charge on any atom is 0.285 e. The van der Waals surface area contributed by atoms with Crippen LogP contribution < -0.4 is 0 Å². The molecule has 1 heterocycles. The molecule has 17 heavy (non-hydrogen) atoms. The fourth-order valence-electron chi connectivity index (χ4n) is 3.09. The van der Waals surface area contributed by atoms with Gasteiger partial charge in [0.05, 0.1) is 0 Å². The molecule has 0 aromatic heterocycles. The van der Waals surface area contributed by atoms with E-state index in [9.17, 15) is 0 Å². The van der Waals surface area contributed by atoms with E-state index in [-0.39, 0.29) is 18.2 Å². The van der Waals surface area contributed by atoms with Gasteiger partial charge in [-0.05, 0) is 16.3 Å². The van der Waals surface area contributed by atoms with Crippen molar-refractivity contribution in [3.05, 3.63) is 47.5 Å². The lowest BCUT2D eigenvalue weighted by molar-refractivity contribution is 0.204. The Morgan fingerprint density at radius 1 is 1.12 bits per heavy atom. The van der Waals surface area contributed by atoms with Gasteiger partial charge in [-0.15, -0.1) is 0 Å². The molecule has 1 aliphatic carbocycles. The van der Waals surface area contributed by atoms with Crippen LogP contribution in [0.5, 0.6) is 0 Å². The van der Waals surface area contributed by atoms with E-state index in [1.165, 1.54) is 21.9 Å². The molecule has 1 fully saturated rings. The number of benzene rings is 2. The number of rotatable bonds is 0. The minimum absolute atomic E-state index is 0.00593. The van der Waals surface area contributed by atoms with Crippen LogP contribution in [0.2, 0.25) is 0 Å². The van der Waals surface area contributed by atoms with Gasteiger partial charge in [-0.1, -0.05) is 36.4 Å². The standard InChI is InChI=1S/C14H12N2O/c1-16-12-9-6-2-4-8-5-3-7-10(11(8)9)13(12)17-14(16)15/h2-7,12-13,15H,1H3/t12-,13+/m1/s1. The van der Waals surface area contributed by atoms with E-state index in [0.29, 0.717) is 0 Å². The van der Waals surface area contributed by atoms with Crippen LogP contribution in [-0.4, -0.2) is 18.0 Å². The molecule has 1 N–H and O–H groups in total. The van der Waals surface area contributed by atoms with E-state index in [4.69, 9.17) is 10.1 Å². The number of nitrogens with one attached hydrogen (secondary N) is 1. The minimum Gasteiger partial charge on any atom is -0.454 e. The molecule has 0 radical (unpaired) electrons. The third-order valence-corrected chi connectivity index (χ3v) is 3.86. The van der Waals surface area contributed by atoms with Gasteiger partial charge in [-0.2, -0.15) is 0 Å². The molecule has 2 aromatic carbocycles. The van der Waals surface area contributed by atoms with E-state index < -0.39 is 0 Å². The van der Waals surface area contributed by atoms with E-state index in [1.807, 2.05) is 11.9 Å². The molecule has 1 saturated heterocycles. The Balaban J connectivity index is 2.08. The summed E-state index contributed by atoms with van der Waals surface area (Å²) in [4.78, 5) is 1.92. The van der Waals surface area contributed by atoms with Crippen LogP contribution in [0.4, 0.5) is 0 Å². The molecule has 4 rings (SSSR count). The first-order valence-electron chi connectivity index (χ1n) is 5.77. The molecule has 3 nitrogen and oxygen atoms in total. The second kappa shape index (κ2) is 2.80. The number of likely N-dealkylation sites (N-methyl/N-ethyl adjacent to an activating group) is 1. The van der Waals surface area contributed by atoms with E-state index in [1.54, 1.807) is 0 Å². The topological polar surface area (TPSA) is 36.3 Å². The van der Waals surface area contributed by atoms with Crippen molar-refractivity contribution in [1.82, 2.24) is 4.90 Å². The number of hydrogen-bond donors (Lipinski definition) is 1. The molecule has 0 amide bonds. The summed E-state index contributed by atoms with van der Waals surface area (Å²) in [5, 5.41) is 10.4. The van der Waals surface area contributed by atoms with Crippen molar-refractivity contribution in [1.29, 1.82) is 5.41 Å². The van der Waals surface area contributed by atoms with Gasteiger partial charge in [0.1, 0.15) is 6.04 Å². The Hall–Kier alpha value is -2.03. The Bertz CT molecular complexity index is 644. The van der Waals surface area contributed by atoms with E-state index in [0.717, 1.165) is 0 Å². The smallest absolute Gasteiger partial charge is 0.285 e. The number of nitrogens with zero attached hydrogens (tertiary/aromatic N) is 1. The highest BCUT2D eigenvalue weighted by atomic mass is 16.5. The number of hydrogen-bond acceptors (Lipinski definition) is 2. The molecule has 0 unspecified atom stereocenters. The van der Waals surface area contributed by atoms with Gasteiger partial charge in [-0.25, -0.2) is 0 Å². The fraction of sp³-hybridized carbons (Fsp3) is 0.214. The summed E-state index contributed by atoms with van der Waals surface area (Å²) in [7, 11) is 1.93. The molecule has 2 aromatic rings. The van der Waals surface area contributed by atoms with Crippen molar-refractivity contribution in [2.45, 2.75) is 12.1 Å². The highest BCUT2D eigenvalue weighted by molar-refractivity contribution is 5.93. The molecule has 2 atom stereocenters. The molecular formula is C14H12N2O. The average Bonchev–Trinajstić information content (AvgIpc) is 2.80. The van der Waals surface area contributed by atoms with Gasteiger partial charge in [0.15, 0.2) is 6.10 Å². The summed E-state index contributed by atoms with van der Waals surface area (Å²) in [5.41, 5.74) is 2.50. The maximum atomic E-state index is 7.79. The molecular weight excluding hydrogens is 212 g/mol. The molecule has 1 aliphatic heterocycles. The minimum atomic E-state index is -0.00593. The van der Waals surface area contributed by atoms with Gasteiger partial charge < -0.3 is 9.64 Å². The van der Waals surface area contributed by atoms with Crippen molar-refractivity contribution >= 4 is 16.8 Å².